The Morgan fingerprint density at radius 3 is 2.05 bits per heavy atom. The lowest BCUT2D eigenvalue weighted by molar-refractivity contribution is -0.140. The Kier molecular flexibility index (Phi) is 12.4. The highest BCUT2D eigenvalue weighted by molar-refractivity contribution is 7.89. The van der Waals surface area contributed by atoms with Crippen LogP contribution in [0.5, 0.6) is 17.2 Å². The third-order valence-corrected chi connectivity index (χ3v) is 8.60. The summed E-state index contributed by atoms with van der Waals surface area (Å²) in [4.78, 5) is 28.5. The molecule has 10 nitrogen and oxygen atoms in total. The molecule has 0 spiro atoms. The minimum Gasteiger partial charge on any atom is -0.497 e. The number of rotatable bonds is 16. The quantitative estimate of drug-likeness (QED) is 0.253. The van der Waals surface area contributed by atoms with Crippen molar-refractivity contribution in [3.8, 4) is 17.2 Å². The number of nitrogens with one attached hydrogen (secondary N) is 2. The van der Waals surface area contributed by atoms with Gasteiger partial charge in [-0.15, -0.1) is 0 Å². The van der Waals surface area contributed by atoms with Gasteiger partial charge in [0.05, 0.1) is 26.2 Å². The van der Waals surface area contributed by atoms with Crippen LogP contribution < -0.4 is 24.2 Å². The highest BCUT2D eigenvalue weighted by Gasteiger charge is 2.26. The zero-order valence-corrected chi connectivity index (χ0v) is 26.2. The third-order valence-electron chi connectivity index (χ3n) is 7.04. The van der Waals surface area contributed by atoms with Crippen molar-refractivity contribution in [1.82, 2.24) is 14.9 Å². The van der Waals surface area contributed by atoms with Crippen molar-refractivity contribution in [3.05, 3.63) is 83.4 Å². The summed E-state index contributed by atoms with van der Waals surface area (Å²) >= 11 is 0. The van der Waals surface area contributed by atoms with E-state index in [4.69, 9.17) is 14.2 Å². The molecule has 1 atom stereocenters. The molecule has 43 heavy (non-hydrogen) atoms. The maximum atomic E-state index is 13.5. The average Bonchev–Trinajstić information content (AvgIpc) is 3.02. The molecule has 3 aromatic rings. The summed E-state index contributed by atoms with van der Waals surface area (Å²) in [6, 6.07) is 18.7. The van der Waals surface area contributed by atoms with E-state index in [0.717, 1.165) is 16.7 Å². The molecule has 3 aromatic carbocycles. The molecule has 0 fully saturated rings. The fourth-order valence-corrected chi connectivity index (χ4v) is 5.57. The number of hydrogen-bond donors (Lipinski definition) is 2. The molecule has 0 aliphatic rings. The standard InChI is InChI=1S/C32H41N3O7S/c1-6-34-43(38,39)28-15-9-24(10-16-28)12-18-31(36)35(22-26-7-13-27(40-3)14-8-26)23(2)32(37)33-20-19-25-11-17-29(41-4)30(21-25)42-5/h7-11,13-17,21,23,34H,6,12,18-20,22H2,1-5H3,(H,33,37)/t23-/m0/s1. The van der Waals surface area contributed by atoms with Crippen molar-refractivity contribution < 1.29 is 32.2 Å². The molecule has 232 valence electrons. The van der Waals surface area contributed by atoms with Crippen LogP contribution in [0.3, 0.4) is 0 Å². The van der Waals surface area contributed by atoms with Crippen molar-refractivity contribution in [2.45, 2.75) is 50.6 Å². The summed E-state index contributed by atoms with van der Waals surface area (Å²) in [5.74, 6) is 1.49. The van der Waals surface area contributed by atoms with Gasteiger partial charge in [-0.25, -0.2) is 13.1 Å². The van der Waals surface area contributed by atoms with Crippen LogP contribution in [-0.4, -0.2) is 65.6 Å². The maximum Gasteiger partial charge on any atom is 0.242 e. The number of sulfonamides is 1. The zero-order chi connectivity index (χ0) is 31.4. The summed E-state index contributed by atoms with van der Waals surface area (Å²) in [6.07, 6.45) is 1.12. The number of carbonyl (C=O) groups excluding carboxylic acids is 2. The summed E-state index contributed by atoms with van der Waals surface area (Å²) in [5, 5.41) is 2.95. The Labute approximate surface area is 254 Å². The number of benzene rings is 3. The number of amides is 2. The number of ether oxygens (including phenoxy) is 3. The Morgan fingerprint density at radius 1 is 0.814 bits per heavy atom. The van der Waals surface area contributed by atoms with E-state index >= 15 is 0 Å². The van der Waals surface area contributed by atoms with E-state index in [0.29, 0.717) is 43.2 Å². The van der Waals surface area contributed by atoms with Crippen LogP contribution in [0.2, 0.25) is 0 Å². The van der Waals surface area contributed by atoms with Crippen LogP contribution >= 0.6 is 0 Å². The van der Waals surface area contributed by atoms with Gasteiger partial charge in [0.15, 0.2) is 11.5 Å². The lowest BCUT2D eigenvalue weighted by atomic mass is 10.1. The van der Waals surface area contributed by atoms with Crippen molar-refractivity contribution in [1.29, 1.82) is 0 Å². The Hall–Kier alpha value is -4.09. The number of nitrogens with zero attached hydrogens (tertiary/aromatic N) is 1. The molecular formula is C32H41N3O7S. The molecule has 0 saturated carbocycles. The predicted molar refractivity (Wildman–Crippen MR) is 165 cm³/mol. The molecule has 0 bridgehead atoms. The van der Waals surface area contributed by atoms with E-state index in [1.54, 1.807) is 52.2 Å². The molecule has 0 saturated heterocycles. The Morgan fingerprint density at radius 2 is 1.44 bits per heavy atom. The largest absolute Gasteiger partial charge is 0.497 e. The van der Waals surface area contributed by atoms with Crippen LogP contribution in [0.15, 0.2) is 71.6 Å². The molecule has 2 amide bonds. The predicted octanol–water partition coefficient (Wildman–Crippen LogP) is 3.72. The van der Waals surface area contributed by atoms with E-state index in [1.165, 1.54) is 12.1 Å². The summed E-state index contributed by atoms with van der Waals surface area (Å²) < 4.78 is 42.8. The second-order valence-electron chi connectivity index (χ2n) is 9.92. The molecule has 11 heteroatoms. The first-order valence-electron chi connectivity index (χ1n) is 14.1. The van der Waals surface area contributed by atoms with Crippen molar-refractivity contribution >= 4 is 21.8 Å². The van der Waals surface area contributed by atoms with E-state index in [-0.39, 0.29) is 29.7 Å². The van der Waals surface area contributed by atoms with Crippen LogP contribution in [-0.2, 0) is 39.0 Å². The Bertz CT molecular complexity index is 1460. The van der Waals surface area contributed by atoms with Crippen molar-refractivity contribution in [3.63, 3.8) is 0 Å². The molecular weight excluding hydrogens is 570 g/mol. The first-order chi connectivity index (χ1) is 20.6. The van der Waals surface area contributed by atoms with Gasteiger partial charge in [0.1, 0.15) is 11.8 Å². The molecule has 0 aliphatic carbocycles. The highest BCUT2D eigenvalue weighted by atomic mass is 32.2. The third kappa shape index (κ3) is 9.45. The second-order valence-corrected chi connectivity index (χ2v) is 11.7. The molecule has 0 heterocycles. The molecule has 2 N–H and O–H groups in total. The van der Waals surface area contributed by atoms with Gasteiger partial charge in [-0.05, 0) is 72.9 Å². The topological polar surface area (TPSA) is 123 Å². The van der Waals surface area contributed by atoms with E-state index in [9.17, 15) is 18.0 Å². The van der Waals surface area contributed by atoms with E-state index in [1.807, 2.05) is 42.5 Å². The minimum absolute atomic E-state index is 0.152. The molecule has 0 radical (unpaired) electrons. The van der Waals surface area contributed by atoms with Crippen molar-refractivity contribution in [2.75, 3.05) is 34.4 Å². The van der Waals surface area contributed by atoms with Gasteiger partial charge in [0, 0.05) is 26.1 Å². The molecule has 0 aliphatic heterocycles. The normalized spacial score (nSPS) is 11.8. The first kappa shape index (κ1) is 33.4. The van der Waals surface area contributed by atoms with Crippen LogP contribution in [0.25, 0.3) is 0 Å². The van der Waals surface area contributed by atoms with Gasteiger partial charge in [-0.1, -0.05) is 37.3 Å². The summed E-state index contributed by atoms with van der Waals surface area (Å²) in [7, 11) is 1.18. The van der Waals surface area contributed by atoms with Gasteiger partial charge >= 0.3 is 0 Å². The van der Waals surface area contributed by atoms with E-state index in [2.05, 4.69) is 10.0 Å². The first-order valence-corrected chi connectivity index (χ1v) is 15.6. The highest BCUT2D eigenvalue weighted by Crippen LogP contribution is 2.27. The Balaban J connectivity index is 1.68. The number of hydrogen-bond acceptors (Lipinski definition) is 7. The van der Waals surface area contributed by atoms with Crippen molar-refractivity contribution in [2.24, 2.45) is 0 Å². The summed E-state index contributed by atoms with van der Waals surface area (Å²) in [5.41, 5.74) is 2.65. The van der Waals surface area contributed by atoms with Gasteiger partial charge < -0.3 is 24.4 Å². The number of carbonyl (C=O) groups is 2. The van der Waals surface area contributed by atoms with Crippen LogP contribution in [0.4, 0.5) is 0 Å². The molecule has 0 aromatic heterocycles. The summed E-state index contributed by atoms with van der Waals surface area (Å²) in [6.45, 7) is 4.35. The average molecular weight is 612 g/mol. The lowest BCUT2D eigenvalue weighted by Gasteiger charge is -2.29. The van der Waals surface area contributed by atoms with Gasteiger partial charge in [0.2, 0.25) is 21.8 Å². The fourth-order valence-electron chi connectivity index (χ4n) is 4.53. The SMILES string of the molecule is CCNS(=O)(=O)c1ccc(CCC(=O)N(Cc2ccc(OC)cc2)[C@@H](C)C(=O)NCCc2ccc(OC)c(OC)c2)cc1. The molecule has 3 rings (SSSR count). The van der Waals surface area contributed by atoms with Gasteiger partial charge in [0.25, 0.3) is 0 Å². The lowest BCUT2D eigenvalue weighted by Crippen LogP contribution is -2.48. The monoisotopic (exact) mass is 611 g/mol. The van der Waals surface area contributed by atoms with Gasteiger partial charge in [-0.2, -0.15) is 0 Å². The second kappa shape index (κ2) is 15.9. The maximum absolute atomic E-state index is 13.5. The molecule has 0 unspecified atom stereocenters. The smallest absolute Gasteiger partial charge is 0.242 e. The van der Waals surface area contributed by atoms with E-state index < -0.39 is 16.1 Å². The fraction of sp³-hybridized carbons (Fsp3) is 0.375. The zero-order valence-electron chi connectivity index (χ0n) is 25.4. The number of aryl methyl sites for hydroxylation is 1. The number of methoxy groups -OCH3 is 3. The van der Waals surface area contributed by atoms with Crippen LogP contribution in [0, 0.1) is 0 Å². The minimum atomic E-state index is -3.56. The van der Waals surface area contributed by atoms with Gasteiger partial charge in [-0.3, -0.25) is 9.59 Å². The van der Waals surface area contributed by atoms with Crippen LogP contribution in [0.1, 0.15) is 37.0 Å².